The first-order valence-corrected chi connectivity index (χ1v) is 13.0. The highest BCUT2D eigenvalue weighted by atomic mass is 16.5. The summed E-state index contributed by atoms with van der Waals surface area (Å²) < 4.78 is 4.76. The van der Waals surface area contributed by atoms with Crippen molar-refractivity contribution >= 4 is 29.2 Å². The number of anilines is 2. The van der Waals surface area contributed by atoms with Crippen LogP contribution >= 0.6 is 0 Å². The Bertz CT molecular complexity index is 1130. The molecular weight excluding hydrogens is 484 g/mol. The number of nitrogens with two attached hydrogens (primary N) is 1. The fraction of sp³-hybridized carbons (Fsp3) is 0.481. The van der Waals surface area contributed by atoms with E-state index in [1.165, 1.54) is 13.3 Å². The van der Waals surface area contributed by atoms with Gasteiger partial charge in [0.1, 0.15) is 23.2 Å². The van der Waals surface area contributed by atoms with Gasteiger partial charge in [0.15, 0.2) is 0 Å². The standard InChI is InChI=1S/C27H38N8O3/c1-19(30-24-10-9-22(17-29-24)34-13-11-33(12-14-34)18-25(36)38-4)31-26-20(16-28)15-23(27(37)32(2)3)35(26)21-7-5-6-8-21/h9-10,15-17,21H,1,5-8,11-14,18,28H2,2-4H3,(H,29,30)/b20-16-,31-26+. The Kier molecular flexibility index (Phi) is 8.67. The SMILES string of the molecule is C=C(/N=C1\C(=C/N)C=C(C(=O)N(C)C)N1C1CCCC1)Nc1ccc(N2CCN(CC(=O)OC)CC2)cn1. The number of methoxy groups -OCH3 is 1. The van der Waals surface area contributed by atoms with E-state index in [4.69, 9.17) is 15.5 Å². The van der Waals surface area contributed by atoms with E-state index in [1.54, 1.807) is 19.0 Å². The number of likely N-dealkylation sites (N-methyl/N-ethyl adjacent to an activating group) is 1. The molecule has 11 nitrogen and oxygen atoms in total. The normalized spacial score (nSPS) is 20.7. The van der Waals surface area contributed by atoms with E-state index in [9.17, 15) is 9.59 Å². The molecule has 0 atom stereocenters. The second-order valence-electron chi connectivity index (χ2n) is 9.91. The number of aliphatic imine (C=N–C) groups is 1. The van der Waals surface area contributed by atoms with Gasteiger partial charge in [-0.2, -0.15) is 0 Å². The molecule has 0 radical (unpaired) electrons. The number of aromatic nitrogens is 1. The number of piperazine rings is 1. The number of amidine groups is 1. The van der Waals surface area contributed by atoms with Crippen LogP contribution in [0.15, 0.2) is 59.3 Å². The fourth-order valence-corrected chi connectivity index (χ4v) is 5.06. The molecule has 1 amide bonds. The van der Waals surface area contributed by atoms with Crippen LogP contribution in [0.4, 0.5) is 11.5 Å². The van der Waals surface area contributed by atoms with Crippen LogP contribution < -0.4 is 16.0 Å². The molecule has 204 valence electrons. The van der Waals surface area contributed by atoms with Gasteiger partial charge in [0, 0.05) is 58.1 Å². The second-order valence-corrected chi connectivity index (χ2v) is 9.91. The second kappa shape index (κ2) is 12.1. The lowest BCUT2D eigenvalue weighted by Crippen LogP contribution is -2.48. The fourth-order valence-electron chi connectivity index (χ4n) is 5.06. The number of nitrogens with zero attached hydrogens (tertiary/aromatic N) is 6. The van der Waals surface area contributed by atoms with E-state index in [-0.39, 0.29) is 17.9 Å². The molecule has 1 aromatic rings. The van der Waals surface area contributed by atoms with Gasteiger partial charge in [0.2, 0.25) is 0 Å². The van der Waals surface area contributed by atoms with E-state index >= 15 is 0 Å². The number of pyridine rings is 1. The average Bonchev–Trinajstić information content (AvgIpc) is 3.57. The van der Waals surface area contributed by atoms with Crippen LogP contribution in [0.5, 0.6) is 0 Å². The van der Waals surface area contributed by atoms with Crippen LogP contribution in [-0.2, 0) is 14.3 Å². The van der Waals surface area contributed by atoms with Crippen LogP contribution in [-0.4, -0.2) is 97.4 Å². The molecule has 0 unspecified atom stereocenters. The molecule has 0 spiro atoms. The minimum Gasteiger partial charge on any atom is -0.468 e. The van der Waals surface area contributed by atoms with Crippen molar-refractivity contribution in [3.63, 3.8) is 0 Å². The lowest BCUT2D eigenvalue weighted by molar-refractivity contribution is -0.142. The molecule has 2 aliphatic heterocycles. The van der Waals surface area contributed by atoms with Crippen molar-refractivity contribution in [2.75, 3.05) is 64.1 Å². The highest BCUT2D eigenvalue weighted by Gasteiger charge is 2.37. The van der Waals surface area contributed by atoms with Crippen molar-refractivity contribution in [1.82, 2.24) is 19.7 Å². The molecule has 1 aromatic heterocycles. The third kappa shape index (κ3) is 6.16. The van der Waals surface area contributed by atoms with Crippen LogP contribution in [0.3, 0.4) is 0 Å². The molecule has 4 rings (SSSR count). The summed E-state index contributed by atoms with van der Waals surface area (Å²) in [5.74, 6) is 1.36. The highest BCUT2D eigenvalue weighted by Crippen LogP contribution is 2.34. The van der Waals surface area contributed by atoms with Gasteiger partial charge in [0.05, 0.1) is 25.5 Å². The van der Waals surface area contributed by atoms with Gasteiger partial charge in [-0.05, 0) is 31.1 Å². The smallest absolute Gasteiger partial charge is 0.319 e. The third-order valence-electron chi connectivity index (χ3n) is 7.11. The van der Waals surface area contributed by atoms with Gasteiger partial charge >= 0.3 is 5.97 Å². The zero-order chi connectivity index (χ0) is 27.2. The molecule has 1 saturated heterocycles. The zero-order valence-corrected chi connectivity index (χ0v) is 22.5. The number of amides is 1. The maximum absolute atomic E-state index is 13.0. The van der Waals surface area contributed by atoms with Crippen LogP contribution in [0.1, 0.15) is 25.7 Å². The molecule has 3 N–H and O–H groups in total. The third-order valence-corrected chi connectivity index (χ3v) is 7.11. The van der Waals surface area contributed by atoms with E-state index in [2.05, 4.69) is 26.7 Å². The summed E-state index contributed by atoms with van der Waals surface area (Å²) in [6.45, 7) is 7.58. The van der Waals surface area contributed by atoms with Crippen molar-refractivity contribution in [1.29, 1.82) is 0 Å². The topological polar surface area (TPSA) is 120 Å². The first-order chi connectivity index (χ1) is 18.3. The number of ether oxygens (including phenoxy) is 1. The summed E-state index contributed by atoms with van der Waals surface area (Å²) >= 11 is 0. The average molecular weight is 523 g/mol. The van der Waals surface area contributed by atoms with E-state index in [0.717, 1.165) is 57.5 Å². The Balaban J connectivity index is 1.43. The number of nitrogens with one attached hydrogen (secondary N) is 1. The van der Waals surface area contributed by atoms with Crippen molar-refractivity contribution in [2.24, 2.45) is 10.7 Å². The molecule has 3 heterocycles. The molecule has 38 heavy (non-hydrogen) atoms. The molecule has 1 saturated carbocycles. The van der Waals surface area contributed by atoms with Crippen molar-refractivity contribution in [3.05, 3.63) is 54.3 Å². The van der Waals surface area contributed by atoms with Crippen LogP contribution in [0.2, 0.25) is 0 Å². The molecule has 0 aromatic carbocycles. The number of rotatable bonds is 8. The van der Waals surface area contributed by atoms with Gasteiger partial charge < -0.3 is 30.5 Å². The quantitative estimate of drug-likeness (QED) is 0.492. The number of esters is 1. The van der Waals surface area contributed by atoms with E-state index in [0.29, 0.717) is 35.3 Å². The number of carbonyl (C=O) groups excluding carboxylic acids is 2. The summed E-state index contributed by atoms with van der Waals surface area (Å²) in [7, 11) is 4.90. The van der Waals surface area contributed by atoms with Crippen LogP contribution in [0, 0.1) is 0 Å². The van der Waals surface area contributed by atoms with Gasteiger partial charge in [-0.3, -0.25) is 14.5 Å². The number of hydrogen-bond acceptors (Lipinski definition) is 9. The zero-order valence-electron chi connectivity index (χ0n) is 22.5. The molecule has 3 aliphatic rings. The predicted octanol–water partition coefficient (Wildman–Crippen LogP) is 1.73. The maximum atomic E-state index is 13.0. The van der Waals surface area contributed by atoms with Crippen molar-refractivity contribution in [2.45, 2.75) is 31.7 Å². The first kappa shape index (κ1) is 27.2. The molecule has 1 aliphatic carbocycles. The lowest BCUT2D eigenvalue weighted by atomic mass is 10.2. The molecule has 2 fully saturated rings. The molecular formula is C27H38N8O3. The van der Waals surface area contributed by atoms with Gasteiger partial charge in [-0.1, -0.05) is 19.4 Å². The van der Waals surface area contributed by atoms with Gasteiger partial charge in [-0.25, -0.2) is 9.98 Å². The monoisotopic (exact) mass is 522 g/mol. The maximum Gasteiger partial charge on any atom is 0.319 e. The van der Waals surface area contributed by atoms with Crippen LogP contribution in [0.25, 0.3) is 0 Å². The summed E-state index contributed by atoms with van der Waals surface area (Å²) in [5, 5.41) is 3.17. The van der Waals surface area contributed by atoms with Gasteiger partial charge in [-0.15, -0.1) is 0 Å². The Hall–Kier alpha value is -3.86. The highest BCUT2D eigenvalue weighted by molar-refractivity contribution is 6.12. The Morgan fingerprint density at radius 2 is 1.95 bits per heavy atom. The summed E-state index contributed by atoms with van der Waals surface area (Å²) in [5.41, 5.74) is 8.24. The van der Waals surface area contributed by atoms with Gasteiger partial charge in [0.25, 0.3) is 5.91 Å². The lowest BCUT2D eigenvalue weighted by Gasteiger charge is -2.35. The Labute approximate surface area is 224 Å². The summed E-state index contributed by atoms with van der Waals surface area (Å²) in [4.78, 5) is 41.7. The molecule has 0 bridgehead atoms. The van der Waals surface area contributed by atoms with E-state index < -0.39 is 0 Å². The number of carbonyl (C=O) groups is 2. The number of hydrogen-bond donors (Lipinski definition) is 2. The Morgan fingerprint density at radius 1 is 1.24 bits per heavy atom. The summed E-state index contributed by atoms with van der Waals surface area (Å²) in [6.07, 6.45) is 9.35. The largest absolute Gasteiger partial charge is 0.468 e. The van der Waals surface area contributed by atoms with Crippen molar-refractivity contribution in [3.8, 4) is 0 Å². The minimum absolute atomic E-state index is 0.0802. The molecule has 11 heteroatoms. The summed E-state index contributed by atoms with van der Waals surface area (Å²) in [6, 6.07) is 4.09. The minimum atomic E-state index is -0.214. The van der Waals surface area contributed by atoms with E-state index in [1.807, 2.05) is 29.3 Å². The van der Waals surface area contributed by atoms with Crippen molar-refractivity contribution < 1.29 is 14.3 Å². The first-order valence-electron chi connectivity index (χ1n) is 13.0. The predicted molar refractivity (Wildman–Crippen MR) is 148 cm³/mol. The Morgan fingerprint density at radius 3 is 2.53 bits per heavy atom.